The molecule has 6 heteroatoms. The average Bonchev–Trinajstić information content (AvgIpc) is 2.46. The zero-order valence-corrected chi connectivity index (χ0v) is 13.4. The topological polar surface area (TPSA) is 78.4 Å². The van der Waals surface area contributed by atoms with Gasteiger partial charge in [-0.1, -0.05) is 20.3 Å². The van der Waals surface area contributed by atoms with Crippen molar-refractivity contribution >= 4 is 17.5 Å². The van der Waals surface area contributed by atoms with Gasteiger partial charge < -0.3 is 15.7 Å². The first kappa shape index (κ1) is 18.1. The second kappa shape index (κ2) is 7.35. The minimum Gasteiger partial charge on any atom is -0.388 e. The summed E-state index contributed by atoms with van der Waals surface area (Å²) in [5, 5.41) is 15.0. The fraction of sp³-hybridized carbons (Fsp3) is 0.500. The zero-order chi connectivity index (χ0) is 16.9. The van der Waals surface area contributed by atoms with Crippen LogP contribution in [-0.2, 0) is 9.59 Å². The highest BCUT2D eigenvalue weighted by atomic mass is 19.1. The van der Waals surface area contributed by atoms with Gasteiger partial charge in [0.2, 0.25) is 0 Å². The summed E-state index contributed by atoms with van der Waals surface area (Å²) in [5.74, 6) is -2.12. The highest BCUT2D eigenvalue weighted by Crippen LogP contribution is 2.19. The largest absolute Gasteiger partial charge is 0.388 e. The van der Waals surface area contributed by atoms with Crippen molar-refractivity contribution in [2.24, 2.45) is 5.92 Å². The van der Waals surface area contributed by atoms with Gasteiger partial charge in [0, 0.05) is 12.2 Å². The number of hydrogen-bond acceptors (Lipinski definition) is 3. The summed E-state index contributed by atoms with van der Waals surface area (Å²) in [6, 6.07) is 3.86. The lowest BCUT2D eigenvalue weighted by Crippen LogP contribution is -2.47. The van der Waals surface area contributed by atoms with Gasteiger partial charge >= 0.3 is 11.8 Å². The molecule has 0 fully saturated rings. The Kier molecular flexibility index (Phi) is 6.05. The zero-order valence-electron chi connectivity index (χ0n) is 13.4. The van der Waals surface area contributed by atoms with Crippen molar-refractivity contribution in [3.63, 3.8) is 0 Å². The van der Waals surface area contributed by atoms with Crippen LogP contribution in [0.2, 0.25) is 0 Å². The maximum atomic E-state index is 13.0. The Morgan fingerprint density at radius 1 is 1.36 bits per heavy atom. The van der Waals surface area contributed by atoms with Gasteiger partial charge in [-0.15, -0.1) is 0 Å². The van der Waals surface area contributed by atoms with Gasteiger partial charge in [0.25, 0.3) is 0 Å². The van der Waals surface area contributed by atoms with E-state index in [4.69, 9.17) is 0 Å². The molecule has 2 atom stereocenters. The van der Waals surface area contributed by atoms with E-state index in [-0.39, 0.29) is 12.5 Å². The molecule has 3 N–H and O–H groups in total. The van der Waals surface area contributed by atoms with Crippen LogP contribution in [0, 0.1) is 18.7 Å². The predicted octanol–water partition coefficient (Wildman–Crippen LogP) is 1.99. The average molecular weight is 310 g/mol. The number of amides is 2. The summed E-state index contributed by atoms with van der Waals surface area (Å²) in [7, 11) is 0. The predicted molar refractivity (Wildman–Crippen MR) is 82.9 cm³/mol. The monoisotopic (exact) mass is 310 g/mol. The Morgan fingerprint density at radius 2 is 2.00 bits per heavy atom. The van der Waals surface area contributed by atoms with E-state index in [9.17, 15) is 19.1 Å². The molecule has 0 radical (unpaired) electrons. The minimum absolute atomic E-state index is 0.0172. The van der Waals surface area contributed by atoms with E-state index in [0.717, 1.165) is 6.42 Å². The molecule has 1 aromatic carbocycles. The molecular formula is C16H23FN2O3. The van der Waals surface area contributed by atoms with Crippen LogP contribution in [0.4, 0.5) is 10.1 Å². The van der Waals surface area contributed by atoms with Crippen molar-refractivity contribution in [1.82, 2.24) is 5.32 Å². The summed E-state index contributed by atoms with van der Waals surface area (Å²) in [4.78, 5) is 23.6. The summed E-state index contributed by atoms with van der Waals surface area (Å²) in [5.41, 5.74) is -0.195. The quantitative estimate of drug-likeness (QED) is 0.728. The molecule has 0 aliphatic rings. The SMILES string of the molecule is CC[C@H](C)[C@@](C)(O)CNC(=O)C(=O)Nc1ccc(F)cc1C. The summed E-state index contributed by atoms with van der Waals surface area (Å²) >= 11 is 0. The van der Waals surface area contributed by atoms with Crippen molar-refractivity contribution in [2.75, 3.05) is 11.9 Å². The second-order valence-corrected chi connectivity index (χ2v) is 5.76. The molecule has 0 saturated heterocycles. The molecule has 0 aromatic heterocycles. The lowest BCUT2D eigenvalue weighted by atomic mass is 9.89. The second-order valence-electron chi connectivity index (χ2n) is 5.76. The van der Waals surface area contributed by atoms with E-state index >= 15 is 0 Å². The lowest BCUT2D eigenvalue weighted by Gasteiger charge is -2.29. The molecule has 0 bridgehead atoms. The first-order valence-corrected chi connectivity index (χ1v) is 7.25. The molecule has 0 spiro atoms. The summed E-state index contributed by atoms with van der Waals surface area (Å²) in [6.07, 6.45) is 0.754. The molecule has 0 saturated carbocycles. The Labute approximate surface area is 129 Å². The van der Waals surface area contributed by atoms with Gasteiger partial charge in [-0.25, -0.2) is 4.39 Å². The number of carbonyl (C=O) groups is 2. The fourth-order valence-corrected chi connectivity index (χ4v) is 1.90. The maximum absolute atomic E-state index is 13.0. The van der Waals surface area contributed by atoms with Gasteiger partial charge in [0.05, 0.1) is 5.60 Å². The van der Waals surface area contributed by atoms with E-state index in [1.165, 1.54) is 18.2 Å². The van der Waals surface area contributed by atoms with Crippen LogP contribution in [0.25, 0.3) is 0 Å². The van der Waals surface area contributed by atoms with Crippen LogP contribution < -0.4 is 10.6 Å². The van der Waals surface area contributed by atoms with Gasteiger partial charge in [-0.05, 0) is 43.5 Å². The standard InChI is InChI=1S/C16H23FN2O3/c1-5-11(3)16(4,22)9-18-14(20)15(21)19-13-7-6-12(17)8-10(13)2/h6-8,11,22H,5,9H2,1-4H3,(H,18,20)(H,19,21)/t11-,16-/m0/s1. The number of carbonyl (C=O) groups excluding carboxylic acids is 2. The number of anilines is 1. The number of nitrogens with one attached hydrogen (secondary N) is 2. The lowest BCUT2D eigenvalue weighted by molar-refractivity contribution is -0.137. The van der Waals surface area contributed by atoms with Crippen molar-refractivity contribution in [2.45, 2.75) is 39.7 Å². The van der Waals surface area contributed by atoms with Gasteiger partial charge in [-0.2, -0.15) is 0 Å². The molecule has 5 nitrogen and oxygen atoms in total. The Bertz CT molecular complexity index is 558. The third kappa shape index (κ3) is 4.80. The smallest absolute Gasteiger partial charge is 0.313 e. The van der Waals surface area contributed by atoms with Crippen molar-refractivity contribution in [3.05, 3.63) is 29.6 Å². The van der Waals surface area contributed by atoms with Crippen molar-refractivity contribution in [3.8, 4) is 0 Å². The van der Waals surface area contributed by atoms with E-state index in [0.29, 0.717) is 11.3 Å². The van der Waals surface area contributed by atoms with E-state index in [1.807, 2.05) is 13.8 Å². The summed E-state index contributed by atoms with van der Waals surface area (Å²) < 4.78 is 13.0. The highest BCUT2D eigenvalue weighted by molar-refractivity contribution is 6.39. The number of aliphatic hydroxyl groups is 1. The Balaban J connectivity index is 2.61. The molecule has 0 heterocycles. The van der Waals surface area contributed by atoms with Crippen molar-refractivity contribution < 1.29 is 19.1 Å². The van der Waals surface area contributed by atoms with Crippen molar-refractivity contribution in [1.29, 1.82) is 0 Å². The first-order valence-electron chi connectivity index (χ1n) is 7.25. The van der Waals surface area contributed by atoms with Crippen LogP contribution in [0.5, 0.6) is 0 Å². The van der Waals surface area contributed by atoms with E-state index in [2.05, 4.69) is 10.6 Å². The van der Waals surface area contributed by atoms with E-state index in [1.54, 1.807) is 13.8 Å². The molecular weight excluding hydrogens is 287 g/mol. The van der Waals surface area contributed by atoms with Gasteiger partial charge in [-0.3, -0.25) is 9.59 Å². The molecule has 0 aliphatic carbocycles. The molecule has 122 valence electrons. The van der Waals surface area contributed by atoms with Crippen LogP contribution >= 0.6 is 0 Å². The maximum Gasteiger partial charge on any atom is 0.313 e. The molecule has 1 rings (SSSR count). The third-order valence-electron chi connectivity index (χ3n) is 3.92. The van der Waals surface area contributed by atoms with Crippen LogP contribution in [0.1, 0.15) is 32.8 Å². The van der Waals surface area contributed by atoms with Gasteiger partial charge in [0.1, 0.15) is 5.82 Å². The van der Waals surface area contributed by atoms with Gasteiger partial charge in [0.15, 0.2) is 0 Å². The summed E-state index contributed by atoms with van der Waals surface area (Å²) in [6.45, 7) is 7.03. The molecule has 0 aliphatic heterocycles. The Hall–Kier alpha value is -1.95. The van der Waals surface area contributed by atoms with Crippen LogP contribution in [0.3, 0.4) is 0 Å². The number of aryl methyl sites for hydroxylation is 1. The number of rotatable bonds is 5. The molecule has 2 amide bonds. The first-order chi connectivity index (χ1) is 10.2. The number of benzene rings is 1. The number of hydrogen-bond donors (Lipinski definition) is 3. The van der Waals surface area contributed by atoms with Crippen LogP contribution in [0.15, 0.2) is 18.2 Å². The van der Waals surface area contributed by atoms with E-state index < -0.39 is 23.2 Å². The normalized spacial score (nSPS) is 14.8. The fourth-order valence-electron chi connectivity index (χ4n) is 1.90. The minimum atomic E-state index is -1.09. The third-order valence-corrected chi connectivity index (χ3v) is 3.92. The molecule has 1 aromatic rings. The molecule has 0 unspecified atom stereocenters. The highest BCUT2D eigenvalue weighted by Gasteiger charge is 2.28. The molecule has 22 heavy (non-hydrogen) atoms. The number of halogens is 1. The Morgan fingerprint density at radius 3 is 2.55 bits per heavy atom. The van der Waals surface area contributed by atoms with Crippen LogP contribution in [-0.4, -0.2) is 29.1 Å².